The smallest absolute Gasteiger partial charge is 0.0824 e. The number of ether oxygens (including phenoxy) is 3. The fraction of sp³-hybridized carbons (Fsp3) is 1.00. The number of rotatable bonds is 9. The van der Waals surface area contributed by atoms with Gasteiger partial charge in [0.2, 0.25) is 0 Å². The van der Waals surface area contributed by atoms with Gasteiger partial charge in [-0.2, -0.15) is 0 Å². The molecule has 0 aliphatic rings. The van der Waals surface area contributed by atoms with E-state index in [0.717, 1.165) is 13.2 Å². The summed E-state index contributed by atoms with van der Waals surface area (Å²) in [7, 11) is 0. The van der Waals surface area contributed by atoms with Crippen LogP contribution in [0.3, 0.4) is 0 Å². The van der Waals surface area contributed by atoms with Crippen LogP contribution >= 0.6 is 0 Å². The second-order valence-corrected chi connectivity index (χ2v) is 3.98. The third-order valence-corrected chi connectivity index (χ3v) is 1.47. The SMILES string of the molecule is CC(C)(O)COCCOCCO.CCOCC. The van der Waals surface area contributed by atoms with Gasteiger partial charge in [0.1, 0.15) is 0 Å². The third-order valence-electron chi connectivity index (χ3n) is 1.47. The van der Waals surface area contributed by atoms with Crippen molar-refractivity contribution >= 4 is 0 Å². The third kappa shape index (κ3) is 25.8. The first kappa shape index (κ1) is 19.1. The Morgan fingerprint density at radius 2 is 1.41 bits per heavy atom. The molecule has 0 unspecified atom stereocenters. The second-order valence-electron chi connectivity index (χ2n) is 3.98. The van der Waals surface area contributed by atoms with Crippen molar-refractivity contribution in [1.29, 1.82) is 0 Å². The molecule has 0 bridgehead atoms. The van der Waals surface area contributed by atoms with E-state index in [2.05, 4.69) is 0 Å². The second kappa shape index (κ2) is 13.9. The lowest BCUT2D eigenvalue weighted by Gasteiger charge is -2.16. The Labute approximate surface area is 105 Å². The van der Waals surface area contributed by atoms with E-state index in [0.29, 0.717) is 26.4 Å². The molecule has 0 heterocycles. The Hall–Kier alpha value is -0.200. The van der Waals surface area contributed by atoms with Crippen LogP contribution in [0.1, 0.15) is 27.7 Å². The molecule has 5 heteroatoms. The Morgan fingerprint density at radius 3 is 1.76 bits per heavy atom. The standard InChI is InChI=1S/C8H18O4.C4H10O/c1-8(2,10)7-12-6-5-11-4-3-9;1-3-5-4-2/h9-10H,3-7H2,1-2H3;3-4H2,1-2H3. The Bertz CT molecular complexity index is 131. The first-order valence-corrected chi connectivity index (χ1v) is 6.04. The molecule has 106 valence electrons. The highest BCUT2D eigenvalue weighted by Crippen LogP contribution is 2.00. The largest absolute Gasteiger partial charge is 0.394 e. The molecule has 0 aromatic heterocycles. The first-order valence-electron chi connectivity index (χ1n) is 6.04. The molecule has 0 amide bonds. The molecule has 0 fully saturated rings. The minimum atomic E-state index is -0.781. The van der Waals surface area contributed by atoms with Gasteiger partial charge in [-0.1, -0.05) is 0 Å². The number of aliphatic hydroxyl groups is 2. The maximum absolute atomic E-state index is 9.21. The van der Waals surface area contributed by atoms with Crippen LogP contribution in [0.4, 0.5) is 0 Å². The van der Waals surface area contributed by atoms with Crippen LogP contribution in [0.5, 0.6) is 0 Å². The average Bonchev–Trinajstić information content (AvgIpc) is 2.24. The van der Waals surface area contributed by atoms with E-state index < -0.39 is 5.60 Å². The first-order chi connectivity index (χ1) is 7.97. The maximum atomic E-state index is 9.21. The van der Waals surface area contributed by atoms with Crippen molar-refractivity contribution in [2.24, 2.45) is 0 Å². The van der Waals surface area contributed by atoms with Crippen LogP contribution in [0, 0.1) is 0 Å². The predicted molar refractivity (Wildman–Crippen MR) is 67.2 cm³/mol. The molecular weight excluding hydrogens is 224 g/mol. The van der Waals surface area contributed by atoms with Crippen LogP contribution in [-0.2, 0) is 14.2 Å². The highest BCUT2D eigenvalue weighted by molar-refractivity contribution is 4.62. The highest BCUT2D eigenvalue weighted by atomic mass is 16.5. The molecule has 0 aliphatic carbocycles. The van der Waals surface area contributed by atoms with Gasteiger partial charge in [-0.25, -0.2) is 0 Å². The quantitative estimate of drug-likeness (QED) is 0.595. The van der Waals surface area contributed by atoms with Gasteiger partial charge in [0, 0.05) is 13.2 Å². The zero-order chi connectivity index (χ0) is 13.6. The van der Waals surface area contributed by atoms with Crippen molar-refractivity contribution in [3.8, 4) is 0 Å². The summed E-state index contributed by atoms with van der Waals surface area (Å²) in [5.74, 6) is 0. The lowest BCUT2D eigenvalue weighted by Crippen LogP contribution is -2.27. The number of hydrogen-bond acceptors (Lipinski definition) is 5. The van der Waals surface area contributed by atoms with Gasteiger partial charge >= 0.3 is 0 Å². The minimum absolute atomic E-state index is 0.0332. The molecule has 17 heavy (non-hydrogen) atoms. The van der Waals surface area contributed by atoms with Gasteiger partial charge in [-0.15, -0.1) is 0 Å². The Morgan fingerprint density at radius 1 is 0.882 bits per heavy atom. The normalized spacial score (nSPS) is 10.9. The lowest BCUT2D eigenvalue weighted by molar-refractivity contribution is -0.0395. The van der Waals surface area contributed by atoms with Crippen molar-refractivity contribution in [3.63, 3.8) is 0 Å². The monoisotopic (exact) mass is 252 g/mol. The van der Waals surface area contributed by atoms with Gasteiger partial charge in [0.05, 0.1) is 38.6 Å². The lowest BCUT2D eigenvalue weighted by atomic mass is 10.2. The van der Waals surface area contributed by atoms with Gasteiger partial charge < -0.3 is 24.4 Å². The Kier molecular flexibility index (Phi) is 15.6. The molecule has 5 nitrogen and oxygen atoms in total. The number of hydrogen-bond donors (Lipinski definition) is 2. The van der Waals surface area contributed by atoms with Crippen LogP contribution in [-0.4, -0.2) is 62.1 Å². The van der Waals surface area contributed by atoms with E-state index in [1.165, 1.54) is 0 Å². The van der Waals surface area contributed by atoms with Crippen LogP contribution in [0.15, 0.2) is 0 Å². The molecule has 0 atom stereocenters. The zero-order valence-electron chi connectivity index (χ0n) is 11.6. The van der Waals surface area contributed by atoms with E-state index in [-0.39, 0.29) is 6.61 Å². The molecule has 0 aromatic carbocycles. The molecule has 0 aliphatic heterocycles. The van der Waals surface area contributed by atoms with Crippen LogP contribution in [0.25, 0.3) is 0 Å². The summed E-state index contributed by atoms with van der Waals surface area (Å²) in [5.41, 5.74) is -0.781. The van der Waals surface area contributed by atoms with Gasteiger partial charge in [0.15, 0.2) is 0 Å². The molecule has 0 rings (SSSR count). The maximum Gasteiger partial charge on any atom is 0.0824 e. The average molecular weight is 252 g/mol. The highest BCUT2D eigenvalue weighted by Gasteiger charge is 2.11. The van der Waals surface area contributed by atoms with Crippen LogP contribution < -0.4 is 0 Å². The molecule has 0 spiro atoms. The zero-order valence-corrected chi connectivity index (χ0v) is 11.6. The summed E-state index contributed by atoms with van der Waals surface area (Å²) in [6, 6.07) is 0. The van der Waals surface area contributed by atoms with Gasteiger partial charge in [-0.3, -0.25) is 0 Å². The van der Waals surface area contributed by atoms with E-state index >= 15 is 0 Å². The summed E-state index contributed by atoms with van der Waals surface area (Å²) in [4.78, 5) is 0. The summed E-state index contributed by atoms with van der Waals surface area (Å²) in [5, 5.41) is 17.6. The van der Waals surface area contributed by atoms with E-state index in [1.54, 1.807) is 13.8 Å². The van der Waals surface area contributed by atoms with Gasteiger partial charge in [-0.05, 0) is 27.7 Å². The summed E-state index contributed by atoms with van der Waals surface area (Å²) >= 11 is 0. The van der Waals surface area contributed by atoms with E-state index in [4.69, 9.17) is 19.3 Å². The minimum Gasteiger partial charge on any atom is -0.394 e. The fourth-order valence-electron chi connectivity index (χ4n) is 0.811. The van der Waals surface area contributed by atoms with Crippen molar-refractivity contribution < 1.29 is 24.4 Å². The molecular formula is C12H28O5. The predicted octanol–water partition coefficient (Wildman–Crippen LogP) is 0.826. The summed E-state index contributed by atoms with van der Waals surface area (Å²) < 4.78 is 14.9. The summed E-state index contributed by atoms with van der Waals surface area (Å²) in [6.45, 7) is 10.6. The molecule has 0 saturated carbocycles. The summed E-state index contributed by atoms with van der Waals surface area (Å²) in [6.07, 6.45) is 0. The van der Waals surface area contributed by atoms with E-state index in [1.807, 2.05) is 13.8 Å². The van der Waals surface area contributed by atoms with Crippen molar-refractivity contribution in [2.45, 2.75) is 33.3 Å². The molecule has 0 radical (unpaired) electrons. The molecule has 0 aromatic rings. The van der Waals surface area contributed by atoms with Crippen LogP contribution in [0.2, 0.25) is 0 Å². The van der Waals surface area contributed by atoms with Crippen molar-refractivity contribution in [3.05, 3.63) is 0 Å². The molecule has 0 saturated heterocycles. The number of aliphatic hydroxyl groups excluding tert-OH is 1. The van der Waals surface area contributed by atoms with E-state index in [9.17, 15) is 5.11 Å². The Balaban J connectivity index is 0. The van der Waals surface area contributed by atoms with Gasteiger partial charge in [0.25, 0.3) is 0 Å². The van der Waals surface area contributed by atoms with Crippen molar-refractivity contribution in [1.82, 2.24) is 0 Å². The van der Waals surface area contributed by atoms with Crippen molar-refractivity contribution in [2.75, 3.05) is 46.2 Å². The topological polar surface area (TPSA) is 68.2 Å². The molecule has 2 N–H and O–H groups in total. The fourth-order valence-corrected chi connectivity index (χ4v) is 0.811.